The molecule has 1 saturated heterocycles. The average Bonchev–Trinajstić information content (AvgIpc) is 2.97. The van der Waals surface area contributed by atoms with Gasteiger partial charge in [0.1, 0.15) is 10.7 Å². The first-order valence-corrected chi connectivity index (χ1v) is 7.59. The van der Waals surface area contributed by atoms with Crippen LogP contribution in [-0.2, 0) is 4.74 Å². The normalized spacial score (nSPS) is 15.3. The Morgan fingerprint density at radius 2 is 2.05 bits per heavy atom. The summed E-state index contributed by atoms with van der Waals surface area (Å²) in [5.74, 6) is -0.0390. The molecule has 1 fully saturated rings. The van der Waals surface area contributed by atoms with Gasteiger partial charge in [0.05, 0.1) is 18.2 Å². The zero-order valence-electron chi connectivity index (χ0n) is 10.7. The molecule has 0 aliphatic carbocycles. The molecular formula is C14H13ClN2O2S. The predicted octanol–water partition coefficient (Wildman–Crippen LogP) is 2.94. The summed E-state index contributed by atoms with van der Waals surface area (Å²) in [6.07, 6.45) is 0. The first-order valence-electron chi connectivity index (χ1n) is 6.33. The fourth-order valence-electron chi connectivity index (χ4n) is 2.06. The lowest BCUT2D eigenvalue weighted by molar-refractivity contribution is 0.0299. The molecule has 0 radical (unpaired) electrons. The van der Waals surface area contributed by atoms with E-state index in [0.717, 1.165) is 10.6 Å². The van der Waals surface area contributed by atoms with E-state index in [1.807, 2.05) is 24.3 Å². The monoisotopic (exact) mass is 308 g/mol. The van der Waals surface area contributed by atoms with Gasteiger partial charge in [-0.15, -0.1) is 11.3 Å². The van der Waals surface area contributed by atoms with E-state index in [9.17, 15) is 4.79 Å². The van der Waals surface area contributed by atoms with Crippen LogP contribution in [0.4, 0.5) is 0 Å². The smallest absolute Gasteiger partial charge is 0.273 e. The summed E-state index contributed by atoms with van der Waals surface area (Å²) in [4.78, 5) is 18.5. The number of ether oxygens (including phenoxy) is 1. The van der Waals surface area contributed by atoms with E-state index in [0.29, 0.717) is 37.0 Å². The van der Waals surface area contributed by atoms with Crippen LogP contribution in [0.3, 0.4) is 0 Å². The third kappa shape index (κ3) is 2.70. The van der Waals surface area contributed by atoms with Crippen LogP contribution in [0.5, 0.6) is 0 Å². The Bertz CT molecular complexity index is 623. The zero-order chi connectivity index (χ0) is 13.9. The Hall–Kier alpha value is -1.43. The second-order valence-electron chi connectivity index (χ2n) is 4.42. The SMILES string of the molecule is O=C(c1csc(-c2ccccc2Cl)n1)N1CCOCC1. The van der Waals surface area contributed by atoms with Crippen molar-refractivity contribution in [3.63, 3.8) is 0 Å². The Morgan fingerprint density at radius 1 is 1.30 bits per heavy atom. The standard InChI is InChI=1S/C14H13ClN2O2S/c15-11-4-2-1-3-10(11)13-16-12(9-20-13)14(18)17-5-7-19-8-6-17/h1-4,9H,5-8H2. The van der Waals surface area contributed by atoms with Crippen molar-refractivity contribution in [2.45, 2.75) is 0 Å². The highest BCUT2D eigenvalue weighted by Crippen LogP contribution is 2.30. The molecule has 4 nitrogen and oxygen atoms in total. The Kier molecular flexibility index (Phi) is 4.00. The highest BCUT2D eigenvalue weighted by atomic mass is 35.5. The lowest BCUT2D eigenvalue weighted by Gasteiger charge is -2.25. The molecule has 2 aromatic rings. The number of halogens is 1. The summed E-state index contributed by atoms with van der Waals surface area (Å²) in [5, 5.41) is 3.20. The molecule has 6 heteroatoms. The maximum absolute atomic E-state index is 12.3. The summed E-state index contributed by atoms with van der Waals surface area (Å²) in [7, 11) is 0. The minimum Gasteiger partial charge on any atom is -0.378 e. The number of nitrogens with zero attached hydrogens (tertiary/aromatic N) is 2. The number of thiazole rings is 1. The van der Waals surface area contributed by atoms with Crippen LogP contribution < -0.4 is 0 Å². The van der Waals surface area contributed by atoms with E-state index in [1.165, 1.54) is 11.3 Å². The lowest BCUT2D eigenvalue weighted by atomic mass is 10.2. The van der Waals surface area contributed by atoms with Gasteiger partial charge in [-0.3, -0.25) is 4.79 Å². The number of hydrogen-bond acceptors (Lipinski definition) is 4. The predicted molar refractivity (Wildman–Crippen MR) is 79.3 cm³/mol. The molecule has 20 heavy (non-hydrogen) atoms. The molecular weight excluding hydrogens is 296 g/mol. The summed E-state index contributed by atoms with van der Waals surface area (Å²) >= 11 is 7.59. The summed E-state index contributed by atoms with van der Waals surface area (Å²) < 4.78 is 5.25. The number of morpholine rings is 1. The second kappa shape index (κ2) is 5.91. The van der Waals surface area contributed by atoms with Gasteiger partial charge in [0.25, 0.3) is 5.91 Å². The van der Waals surface area contributed by atoms with Crippen molar-refractivity contribution in [3.05, 3.63) is 40.4 Å². The molecule has 0 bridgehead atoms. The average molecular weight is 309 g/mol. The molecule has 0 N–H and O–H groups in total. The number of carbonyl (C=O) groups is 1. The van der Waals surface area contributed by atoms with Crippen LogP contribution in [0.15, 0.2) is 29.6 Å². The zero-order valence-corrected chi connectivity index (χ0v) is 12.3. The molecule has 1 aromatic carbocycles. The second-order valence-corrected chi connectivity index (χ2v) is 5.69. The number of rotatable bonds is 2. The molecule has 0 saturated carbocycles. The van der Waals surface area contributed by atoms with Gasteiger partial charge in [0, 0.05) is 24.0 Å². The number of aromatic nitrogens is 1. The molecule has 2 heterocycles. The summed E-state index contributed by atoms with van der Waals surface area (Å²) in [6.45, 7) is 2.43. The van der Waals surface area contributed by atoms with Crippen molar-refractivity contribution >= 4 is 28.8 Å². The minimum absolute atomic E-state index is 0.0390. The van der Waals surface area contributed by atoms with Gasteiger partial charge in [0.15, 0.2) is 0 Å². The van der Waals surface area contributed by atoms with Crippen LogP contribution in [0, 0.1) is 0 Å². The van der Waals surface area contributed by atoms with Crippen molar-refractivity contribution in [2.24, 2.45) is 0 Å². The van der Waals surface area contributed by atoms with Gasteiger partial charge in [-0.2, -0.15) is 0 Å². The lowest BCUT2D eigenvalue weighted by Crippen LogP contribution is -2.40. The van der Waals surface area contributed by atoms with Crippen LogP contribution >= 0.6 is 22.9 Å². The largest absolute Gasteiger partial charge is 0.378 e. The Morgan fingerprint density at radius 3 is 2.80 bits per heavy atom. The first-order chi connectivity index (χ1) is 9.75. The van der Waals surface area contributed by atoms with Crippen molar-refractivity contribution in [1.29, 1.82) is 0 Å². The maximum atomic E-state index is 12.3. The van der Waals surface area contributed by atoms with E-state index in [1.54, 1.807) is 10.3 Å². The van der Waals surface area contributed by atoms with Crippen molar-refractivity contribution in [1.82, 2.24) is 9.88 Å². The van der Waals surface area contributed by atoms with E-state index in [-0.39, 0.29) is 5.91 Å². The Labute approximate surface area is 126 Å². The molecule has 1 aliphatic rings. The highest BCUT2D eigenvalue weighted by Gasteiger charge is 2.21. The van der Waals surface area contributed by atoms with Crippen molar-refractivity contribution in [2.75, 3.05) is 26.3 Å². The quantitative estimate of drug-likeness (QED) is 0.856. The fourth-order valence-corrected chi connectivity index (χ4v) is 3.17. The van der Waals surface area contributed by atoms with E-state index >= 15 is 0 Å². The number of amides is 1. The van der Waals surface area contributed by atoms with Gasteiger partial charge in [0.2, 0.25) is 0 Å². The fraction of sp³-hybridized carbons (Fsp3) is 0.286. The third-order valence-electron chi connectivity index (χ3n) is 3.13. The number of benzene rings is 1. The first kappa shape index (κ1) is 13.5. The van der Waals surface area contributed by atoms with Gasteiger partial charge >= 0.3 is 0 Å². The topological polar surface area (TPSA) is 42.4 Å². The third-order valence-corrected chi connectivity index (χ3v) is 4.33. The molecule has 0 spiro atoms. The van der Waals surface area contributed by atoms with E-state index in [4.69, 9.17) is 16.3 Å². The van der Waals surface area contributed by atoms with E-state index in [2.05, 4.69) is 4.98 Å². The maximum Gasteiger partial charge on any atom is 0.273 e. The number of carbonyl (C=O) groups excluding carboxylic acids is 1. The van der Waals surface area contributed by atoms with Crippen LogP contribution in [-0.4, -0.2) is 42.1 Å². The van der Waals surface area contributed by atoms with E-state index < -0.39 is 0 Å². The summed E-state index contributed by atoms with van der Waals surface area (Å²) in [5.41, 5.74) is 1.34. The van der Waals surface area contributed by atoms with Crippen LogP contribution in [0.2, 0.25) is 5.02 Å². The van der Waals surface area contributed by atoms with Crippen LogP contribution in [0.25, 0.3) is 10.6 Å². The molecule has 0 atom stereocenters. The van der Waals surface area contributed by atoms with Gasteiger partial charge in [-0.1, -0.05) is 29.8 Å². The van der Waals surface area contributed by atoms with Gasteiger partial charge in [-0.25, -0.2) is 4.98 Å². The molecule has 3 rings (SSSR count). The van der Waals surface area contributed by atoms with Crippen molar-refractivity contribution < 1.29 is 9.53 Å². The summed E-state index contributed by atoms with van der Waals surface area (Å²) in [6, 6.07) is 7.51. The molecule has 1 aromatic heterocycles. The van der Waals surface area contributed by atoms with Gasteiger partial charge < -0.3 is 9.64 Å². The van der Waals surface area contributed by atoms with Crippen molar-refractivity contribution in [3.8, 4) is 10.6 Å². The molecule has 104 valence electrons. The molecule has 1 aliphatic heterocycles. The molecule has 0 unspecified atom stereocenters. The molecule has 1 amide bonds. The number of hydrogen-bond donors (Lipinski definition) is 0. The Balaban J connectivity index is 1.83. The highest BCUT2D eigenvalue weighted by molar-refractivity contribution is 7.13. The van der Waals surface area contributed by atoms with Gasteiger partial charge in [-0.05, 0) is 6.07 Å². The van der Waals surface area contributed by atoms with Crippen LogP contribution in [0.1, 0.15) is 10.5 Å². The minimum atomic E-state index is -0.0390.